The molecule has 2 aromatic carbocycles. The van der Waals surface area contributed by atoms with Crippen molar-refractivity contribution >= 4 is 50.3 Å². The number of carbonyl (C=O) groups excluding carboxylic acids is 1. The molecule has 0 saturated heterocycles. The number of hydrogen-bond donors (Lipinski definition) is 2. The highest BCUT2D eigenvalue weighted by molar-refractivity contribution is 9.10. The van der Waals surface area contributed by atoms with Crippen LogP contribution in [0.15, 0.2) is 75.6 Å². The predicted molar refractivity (Wildman–Crippen MR) is 111 cm³/mol. The Bertz CT molecular complexity index is 1090. The first-order valence-corrected chi connectivity index (χ1v) is 9.63. The molecule has 128 valence electrons. The second kappa shape index (κ2) is 7.27. The number of aromatic nitrogens is 1. The number of thiophene rings is 1. The van der Waals surface area contributed by atoms with E-state index in [-0.39, 0.29) is 5.91 Å². The molecule has 4 aromatic rings. The summed E-state index contributed by atoms with van der Waals surface area (Å²) < 4.78 is 0.962. The van der Waals surface area contributed by atoms with Gasteiger partial charge in [0, 0.05) is 25.8 Å². The first kappa shape index (κ1) is 16.8. The highest BCUT2D eigenvalue weighted by atomic mass is 79.9. The fourth-order valence-electron chi connectivity index (χ4n) is 2.81. The van der Waals surface area contributed by atoms with Crippen LogP contribution in [0.1, 0.15) is 15.4 Å². The number of hydrogen-bond acceptors (Lipinski definition) is 3. The van der Waals surface area contributed by atoms with E-state index in [4.69, 9.17) is 0 Å². The number of fused-ring (bicyclic) bond motifs is 1. The zero-order chi connectivity index (χ0) is 17.9. The zero-order valence-corrected chi connectivity index (χ0v) is 16.0. The molecule has 6 heteroatoms. The molecule has 0 saturated carbocycles. The minimum absolute atomic E-state index is 0.274. The molecule has 0 radical (unpaired) electrons. The van der Waals surface area contributed by atoms with Crippen molar-refractivity contribution in [3.8, 4) is 11.1 Å². The number of aromatic amines is 1. The average molecular weight is 424 g/mol. The van der Waals surface area contributed by atoms with E-state index in [9.17, 15) is 4.79 Å². The third-order valence-corrected chi connectivity index (χ3v) is 5.25. The van der Waals surface area contributed by atoms with Crippen molar-refractivity contribution in [2.75, 3.05) is 0 Å². The monoisotopic (exact) mass is 423 g/mol. The van der Waals surface area contributed by atoms with Crippen LogP contribution in [0, 0.1) is 0 Å². The van der Waals surface area contributed by atoms with Gasteiger partial charge in [-0.1, -0.05) is 52.3 Å². The van der Waals surface area contributed by atoms with Gasteiger partial charge in [0.2, 0.25) is 0 Å². The number of amides is 1. The fraction of sp³-hybridized carbons (Fsp3) is 0. The predicted octanol–water partition coefficient (Wildman–Crippen LogP) is 5.42. The van der Waals surface area contributed by atoms with Crippen molar-refractivity contribution in [2.45, 2.75) is 0 Å². The van der Waals surface area contributed by atoms with Gasteiger partial charge in [0.15, 0.2) is 0 Å². The number of hydrazone groups is 1. The summed E-state index contributed by atoms with van der Waals surface area (Å²) in [5.41, 5.74) is 5.86. The minimum atomic E-state index is -0.274. The molecule has 0 aliphatic rings. The topological polar surface area (TPSA) is 57.2 Å². The summed E-state index contributed by atoms with van der Waals surface area (Å²) in [6, 6.07) is 19.7. The van der Waals surface area contributed by atoms with Crippen LogP contribution in [-0.4, -0.2) is 17.1 Å². The summed E-state index contributed by atoms with van der Waals surface area (Å²) >= 11 is 5.07. The number of nitrogens with zero attached hydrogens (tertiary/aromatic N) is 1. The Morgan fingerprint density at radius 2 is 1.96 bits per heavy atom. The molecule has 0 spiro atoms. The number of nitrogens with one attached hydrogen (secondary N) is 2. The lowest BCUT2D eigenvalue weighted by molar-refractivity contribution is 0.0951. The van der Waals surface area contributed by atoms with E-state index >= 15 is 0 Å². The Morgan fingerprint density at radius 1 is 1.12 bits per heavy atom. The summed E-state index contributed by atoms with van der Waals surface area (Å²) in [5, 5.41) is 7.02. The smallest absolute Gasteiger partial charge is 0.288 e. The molecule has 4 nitrogen and oxygen atoms in total. The Kier molecular flexibility index (Phi) is 4.69. The van der Waals surface area contributed by atoms with Crippen LogP contribution < -0.4 is 5.43 Å². The summed E-state index contributed by atoms with van der Waals surface area (Å²) in [6.45, 7) is 0. The molecule has 0 aliphatic heterocycles. The van der Waals surface area contributed by atoms with E-state index < -0.39 is 0 Å². The molecule has 2 heterocycles. The van der Waals surface area contributed by atoms with Gasteiger partial charge in [0.05, 0.1) is 6.21 Å². The molecule has 0 atom stereocenters. The maximum Gasteiger partial charge on any atom is 0.288 e. The molecule has 26 heavy (non-hydrogen) atoms. The summed E-state index contributed by atoms with van der Waals surface area (Å²) in [6.07, 6.45) is 1.64. The quantitative estimate of drug-likeness (QED) is 0.334. The normalized spacial score (nSPS) is 11.3. The van der Waals surface area contributed by atoms with Gasteiger partial charge in [-0.25, -0.2) is 5.43 Å². The molecule has 0 unspecified atom stereocenters. The van der Waals surface area contributed by atoms with E-state index in [1.165, 1.54) is 0 Å². The van der Waals surface area contributed by atoms with Gasteiger partial charge in [-0.05, 0) is 35.2 Å². The maximum absolute atomic E-state index is 12.8. The molecule has 1 amide bonds. The second-order valence-corrected chi connectivity index (χ2v) is 7.54. The summed E-state index contributed by atoms with van der Waals surface area (Å²) in [4.78, 5) is 17.0. The highest BCUT2D eigenvalue weighted by Crippen LogP contribution is 2.34. The molecule has 2 aromatic heterocycles. The highest BCUT2D eigenvalue weighted by Gasteiger charge is 2.19. The van der Waals surface area contributed by atoms with Gasteiger partial charge in [-0.3, -0.25) is 4.79 Å². The molecule has 0 bridgehead atoms. The number of rotatable bonds is 4. The van der Waals surface area contributed by atoms with Gasteiger partial charge < -0.3 is 4.98 Å². The number of H-pyrrole nitrogens is 1. The summed E-state index contributed by atoms with van der Waals surface area (Å²) in [5.74, 6) is -0.274. The Hall–Kier alpha value is -2.70. The molecular weight excluding hydrogens is 410 g/mol. The van der Waals surface area contributed by atoms with E-state index in [2.05, 4.69) is 31.4 Å². The lowest BCUT2D eigenvalue weighted by Gasteiger charge is -2.04. The van der Waals surface area contributed by atoms with Gasteiger partial charge in [-0.15, -0.1) is 11.3 Å². The molecular formula is C20H14BrN3OS. The van der Waals surface area contributed by atoms with Crippen molar-refractivity contribution in [1.29, 1.82) is 0 Å². The van der Waals surface area contributed by atoms with Crippen LogP contribution in [-0.2, 0) is 0 Å². The van der Waals surface area contributed by atoms with E-state index in [0.29, 0.717) is 5.69 Å². The lowest BCUT2D eigenvalue weighted by Crippen LogP contribution is -2.18. The summed E-state index contributed by atoms with van der Waals surface area (Å²) in [7, 11) is 0. The van der Waals surface area contributed by atoms with Crippen LogP contribution in [0.25, 0.3) is 22.0 Å². The number of carbonyl (C=O) groups is 1. The van der Waals surface area contributed by atoms with Gasteiger partial charge in [0.1, 0.15) is 5.69 Å². The molecule has 0 fully saturated rings. The Balaban J connectivity index is 1.75. The largest absolute Gasteiger partial charge is 0.350 e. The SMILES string of the molecule is O=C(N/N=C/c1cccs1)c1[nH]c2ccc(Br)cc2c1-c1ccccc1. The van der Waals surface area contributed by atoms with Gasteiger partial charge in [-0.2, -0.15) is 5.10 Å². The molecule has 4 rings (SSSR count). The van der Waals surface area contributed by atoms with Crippen molar-refractivity contribution in [1.82, 2.24) is 10.4 Å². The van der Waals surface area contributed by atoms with Crippen LogP contribution in [0.4, 0.5) is 0 Å². The lowest BCUT2D eigenvalue weighted by atomic mass is 10.0. The fourth-order valence-corrected chi connectivity index (χ4v) is 3.76. The van der Waals surface area contributed by atoms with Crippen LogP contribution in [0.3, 0.4) is 0 Å². The van der Waals surface area contributed by atoms with Crippen LogP contribution in [0.2, 0.25) is 0 Å². The Morgan fingerprint density at radius 3 is 2.73 bits per heavy atom. The molecule has 2 N–H and O–H groups in total. The van der Waals surface area contributed by atoms with Crippen molar-refractivity contribution in [2.24, 2.45) is 5.10 Å². The van der Waals surface area contributed by atoms with Crippen molar-refractivity contribution < 1.29 is 4.79 Å². The van der Waals surface area contributed by atoms with Crippen molar-refractivity contribution in [3.05, 3.63) is 81.1 Å². The van der Waals surface area contributed by atoms with Gasteiger partial charge >= 0.3 is 0 Å². The standard InChI is InChI=1S/C20H14BrN3OS/c21-14-8-9-17-16(11-14)18(13-5-2-1-3-6-13)19(23-17)20(25)24-22-12-15-7-4-10-26-15/h1-12,23H,(H,24,25)/b22-12+. The Labute approximate surface area is 162 Å². The number of halogens is 1. The molecule has 0 aliphatic carbocycles. The van der Waals surface area contributed by atoms with E-state index in [0.717, 1.165) is 31.4 Å². The van der Waals surface area contributed by atoms with E-state index in [1.807, 2.05) is 66.0 Å². The third-order valence-electron chi connectivity index (χ3n) is 3.95. The van der Waals surface area contributed by atoms with Crippen molar-refractivity contribution in [3.63, 3.8) is 0 Å². The minimum Gasteiger partial charge on any atom is -0.350 e. The first-order chi connectivity index (χ1) is 12.7. The van der Waals surface area contributed by atoms with Gasteiger partial charge in [0.25, 0.3) is 5.91 Å². The number of benzene rings is 2. The van der Waals surface area contributed by atoms with Crippen LogP contribution in [0.5, 0.6) is 0 Å². The second-order valence-electron chi connectivity index (χ2n) is 5.65. The zero-order valence-electron chi connectivity index (χ0n) is 13.6. The average Bonchev–Trinajstić information content (AvgIpc) is 3.29. The first-order valence-electron chi connectivity index (χ1n) is 7.96. The van der Waals surface area contributed by atoms with Crippen LogP contribution >= 0.6 is 27.3 Å². The maximum atomic E-state index is 12.8. The van der Waals surface area contributed by atoms with E-state index in [1.54, 1.807) is 17.6 Å². The third kappa shape index (κ3) is 3.34.